The Hall–Kier alpha value is -3.59. The molecule has 2 heterocycles. The highest BCUT2D eigenvalue weighted by Gasteiger charge is 2.29. The summed E-state index contributed by atoms with van der Waals surface area (Å²) in [6, 6.07) is 10.2. The summed E-state index contributed by atoms with van der Waals surface area (Å²) in [5, 5.41) is 4.77. The molecule has 6 nitrogen and oxygen atoms in total. The van der Waals surface area contributed by atoms with Gasteiger partial charge in [0.05, 0.1) is 41.7 Å². The van der Waals surface area contributed by atoms with E-state index in [2.05, 4.69) is 15.1 Å². The van der Waals surface area contributed by atoms with Crippen molar-refractivity contribution in [1.29, 1.82) is 0 Å². The molecule has 4 rings (SSSR count). The Morgan fingerprint density at radius 1 is 1.06 bits per heavy atom. The van der Waals surface area contributed by atoms with Crippen molar-refractivity contribution in [3.05, 3.63) is 77.3 Å². The Balaban J connectivity index is 1.66. The highest BCUT2D eigenvalue weighted by molar-refractivity contribution is 6.32. The number of aromatic nitrogens is 4. The second kappa shape index (κ2) is 8.51. The smallest absolute Gasteiger partial charge is 0.416 e. The van der Waals surface area contributed by atoms with Crippen LogP contribution in [-0.4, -0.2) is 26.9 Å². The molecule has 0 atom stereocenters. The van der Waals surface area contributed by atoms with Crippen molar-refractivity contribution in [2.24, 2.45) is 0 Å². The van der Waals surface area contributed by atoms with E-state index >= 15 is 0 Å². The lowest BCUT2D eigenvalue weighted by Crippen LogP contribution is -2.05. The Kier molecular flexibility index (Phi) is 5.75. The van der Waals surface area contributed by atoms with Gasteiger partial charge in [-0.2, -0.15) is 18.3 Å². The lowest BCUT2D eigenvalue weighted by Gasteiger charge is -2.11. The van der Waals surface area contributed by atoms with Crippen molar-refractivity contribution in [1.82, 2.24) is 19.7 Å². The van der Waals surface area contributed by atoms with Crippen LogP contribution in [0, 0.1) is 0 Å². The maximum atomic E-state index is 12.8. The van der Waals surface area contributed by atoms with Crippen LogP contribution in [0.1, 0.15) is 11.1 Å². The van der Waals surface area contributed by atoms with Gasteiger partial charge in [0.2, 0.25) is 0 Å². The first-order valence-corrected chi connectivity index (χ1v) is 9.77. The number of benzene rings is 2. The molecule has 0 unspecified atom stereocenters. The molecule has 0 saturated carbocycles. The number of nitrogen functional groups attached to an aromatic ring is 1. The van der Waals surface area contributed by atoms with Crippen LogP contribution < -0.4 is 10.5 Å². The predicted octanol–water partition coefficient (Wildman–Crippen LogP) is 5.32. The van der Waals surface area contributed by atoms with Gasteiger partial charge < -0.3 is 10.5 Å². The van der Waals surface area contributed by atoms with Crippen LogP contribution in [0.5, 0.6) is 5.75 Å². The Labute approximate surface area is 186 Å². The van der Waals surface area contributed by atoms with E-state index in [4.69, 9.17) is 22.1 Å². The third kappa shape index (κ3) is 4.38. The van der Waals surface area contributed by atoms with Crippen LogP contribution in [0.2, 0.25) is 5.02 Å². The second-order valence-corrected chi connectivity index (χ2v) is 7.36. The molecular weight excluding hydrogens is 443 g/mol. The Morgan fingerprint density at radius 3 is 2.50 bits per heavy atom. The molecule has 0 aliphatic carbocycles. The van der Waals surface area contributed by atoms with E-state index in [1.165, 1.54) is 25.6 Å². The number of nitrogens with two attached hydrogens (primary N) is 1. The molecule has 164 valence electrons. The minimum absolute atomic E-state index is 0.273. The van der Waals surface area contributed by atoms with Crippen molar-refractivity contribution in [2.75, 3.05) is 12.8 Å². The molecule has 0 fully saturated rings. The third-order valence-electron chi connectivity index (χ3n) is 4.85. The quantitative estimate of drug-likeness (QED) is 0.437. The summed E-state index contributed by atoms with van der Waals surface area (Å²) in [7, 11) is 1.52. The van der Waals surface area contributed by atoms with Crippen LogP contribution in [0.25, 0.3) is 22.4 Å². The van der Waals surface area contributed by atoms with Crippen molar-refractivity contribution >= 4 is 17.4 Å². The summed E-state index contributed by atoms with van der Waals surface area (Å²) >= 11 is 6.13. The van der Waals surface area contributed by atoms with Crippen LogP contribution >= 0.6 is 11.6 Å². The summed E-state index contributed by atoms with van der Waals surface area (Å²) in [5.41, 5.74) is 8.68. The van der Waals surface area contributed by atoms with Crippen LogP contribution in [0.4, 0.5) is 19.0 Å². The molecule has 0 bridgehead atoms. The lowest BCUT2D eigenvalue weighted by atomic mass is 10.0. The lowest BCUT2D eigenvalue weighted by molar-refractivity contribution is -0.137. The number of halogens is 4. The number of hydrogen-bond donors (Lipinski definition) is 1. The summed E-state index contributed by atoms with van der Waals surface area (Å²) in [4.78, 5) is 8.48. The van der Waals surface area contributed by atoms with E-state index in [-0.39, 0.29) is 5.82 Å². The molecule has 2 aromatic carbocycles. The van der Waals surface area contributed by atoms with Crippen molar-refractivity contribution in [3.63, 3.8) is 0 Å². The first kappa shape index (κ1) is 21.6. The number of nitrogens with zero attached hydrogens (tertiary/aromatic N) is 4. The Bertz CT molecular complexity index is 1260. The molecule has 32 heavy (non-hydrogen) atoms. The fourth-order valence-electron chi connectivity index (χ4n) is 3.28. The normalized spacial score (nSPS) is 11.5. The van der Waals surface area contributed by atoms with Gasteiger partial charge in [0, 0.05) is 11.8 Å². The zero-order chi connectivity index (χ0) is 22.9. The molecule has 0 amide bonds. The number of anilines is 1. The van der Waals surface area contributed by atoms with Crippen molar-refractivity contribution in [3.8, 4) is 28.1 Å². The maximum absolute atomic E-state index is 12.8. The third-order valence-corrected chi connectivity index (χ3v) is 5.16. The van der Waals surface area contributed by atoms with Gasteiger partial charge in [-0.05, 0) is 35.4 Å². The average Bonchev–Trinajstić information content (AvgIpc) is 3.22. The van der Waals surface area contributed by atoms with Gasteiger partial charge in [0.15, 0.2) is 0 Å². The fraction of sp³-hybridized carbons (Fsp3) is 0.136. The maximum Gasteiger partial charge on any atom is 0.416 e. The van der Waals surface area contributed by atoms with E-state index in [0.717, 1.165) is 17.7 Å². The van der Waals surface area contributed by atoms with E-state index in [9.17, 15) is 13.2 Å². The van der Waals surface area contributed by atoms with Gasteiger partial charge >= 0.3 is 6.18 Å². The molecule has 0 radical (unpaired) electrons. The monoisotopic (exact) mass is 459 g/mol. The van der Waals surface area contributed by atoms with Gasteiger partial charge in [0.25, 0.3) is 0 Å². The molecule has 4 aromatic rings. The van der Waals surface area contributed by atoms with Gasteiger partial charge in [-0.25, -0.2) is 9.97 Å². The summed E-state index contributed by atoms with van der Waals surface area (Å²) < 4.78 is 45.2. The highest BCUT2D eigenvalue weighted by atomic mass is 35.5. The minimum Gasteiger partial charge on any atom is -0.495 e. The SMILES string of the molecule is COc1cc(-c2c(N)ncnc2-c2cnn(Cc3ccc(C(F)(F)F)cc3)c2)ccc1Cl. The zero-order valence-electron chi connectivity index (χ0n) is 16.8. The minimum atomic E-state index is -4.37. The summed E-state index contributed by atoms with van der Waals surface area (Å²) in [5.74, 6) is 0.756. The molecule has 0 aliphatic rings. The number of rotatable bonds is 5. The molecular formula is C22H17ClF3N5O. The van der Waals surface area contributed by atoms with E-state index in [1.807, 2.05) is 0 Å². The molecule has 2 N–H and O–H groups in total. The van der Waals surface area contributed by atoms with Gasteiger partial charge in [-0.3, -0.25) is 4.68 Å². The van der Waals surface area contributed by atoms with Crippen molar-refractivity contribution in [2.45, 2.75) is 12.7 Å². The predicted molar refractivity (Wildman–Crippen MR) is 115 cm³/mol. The fourth-order valence-corrected chi connectivity index (χ4v) is 3.47. The van der Waals surface area contributed by atoms with Crippen LogP contribution in [-0.2, 0) is 12.7 Å². The summed E-state index contributed by atoms with van der Waals surface area (Å²) in [6.07, 6.45) is 0.345. The van der Waals surface area contributed by atoms with Gasteiger partial charge in [0.1, 0.15) is 17.9 Å². The van der Waals surface area contributed by atoms with E-state index in [0.29, 0.717) is 39.7 Å². The Morgan fingerprint density at radius 2 is 1.81 bits per heavy atom. The molecule has 10 heteroatoms. The number of alkyl halides is 3. The van der Waals surface area contributed by atoms with Gasteiger partial charge in [-0.15, -0.1) is 0 Å². The standard InChI is InChI=1S/C22H17ClF3N5O/c1-32-18-8-14(4-7-17(18)23)19-20(28-12-29-21(19)27)15-9-30-31(11-15)10-13-2-5-16(6-3-13)22(24,25)26/h2-9,11-12H,10H2,1H3,(H2,27,28,29). The zero-order valence-corrected chi connectivity index (χ0v) is 17.5. The molecule has 0 saturated heterocycles. The first-order chi connectivity index (χ1) is 15.3. The molecule has 0 aliphatic heterocycles. The topological polar surface area (TPSA) is 78.8 Å². The van der Waals surface area contributed by atoms with E-state index in [1.54, 1.807) is 35.3 Å². The van der Waals surface area contributed by atoms with Crippen LogP contribution in [0.15, 0.2) is 61.2 Å². The number of ether oxygens (including phenoxy) is 1. The van der Waals surface area contributed by atoms with Crippen molar-refractivity contribution < 1.29 is 17.9 Å². The summed E-state index contributed by atoms with van der Waals surface area (Å²) in [6.45, 7) is 0.294. The number of methoxy groups -OCH3 is 1. The second-order valence-electron chi connectivity index (χ2n) is 6.95. The largest absolute Gasteiger partial charge is 0.495 e. The van der Waals surface area contributed by atoms with Gasteiger partial charge in [-0.1, -0.05) is 29.8 Å². The average molecular weight is 460 g/mol. The number of hydrogen-bond acceptors (Lipinski definition) is 5. The first-order valence-electron chi connectivity index (χ1n) is 9.39. The molecule has 2 aromatic heterocycles. The molecule has 0 spiro atoms. The van der Waals surface area contributed by atoms with E-state index < -0.39 is 11.7 Å². The highest BCUT2D eigenvalue weighted by Crippen LogP contribution is 2.37. The van der Waals surface area contributed by atoms with Crippen LogP contribution in [0.3, 0.4) is 0 Å².